The Morgan fingerprint density at radius 3 is 2.50 bits per heavy atom. The molecule has 2 aromatic carbocycles. The highest BCUT2D eigenvalue weighted by molar-refractivity contribution is 7.98. The molecule has 0 amide bonds. The van der Waals surface area contributed by atoms with Gasteiger partial charge in [-0.3, -0.25) is 9.59 Å². The number of benzene rings is 2. The van der Waals surface area contributed by atoms with Gasteiger partial charge < -0.3 is 0 Å². The first-order valence-corrected chi connectivity index (χ1v) is 10.8. The molecule has 5 nitrogen and oxygen atoms in total. The fourth-order valence-corrected chi connectivity index (χ4v) is 4.14. The van der Waals surface area contributed by atoms with Crippen molar-refractivity contribution in [2.45, 2.75) is 11.3 Å². The molecule has 8 heteroatoms. The molecule has 4 aromatic rings. The van der Waals surface area contributed by atoms with Crippen LogP contribution in [-0.4, -0.2) is 20.9 Å². The Kier molecular flexibility index (Phi) is 5.30. The molecule has 0 atom stereocenters. The second-order valence-corrected chi connectivity index (χ2v) is 8.38. The van der Waals surface area contributed by atoms with Gasteiger partial charge in [0.25, 0.3) is 11.1 Å². The molecule has 0 unspecified atom stereocenters. The Labute approximate surface area is 173 Å². The van der Waals surface area contributed by atoms with Crippen molar-refractivity contribution in [1.82, 2.24) is 14.6 Å². The summed E-state index contributed by atoms with van der Waals surface area (Å²) in [5.41, 5.74) is 1.31. The van der Waals surface area contributed by atoms with Crippen LogP contribution in [0.4, 0.5) is 0 Å². The summed E-state index contributed by atoms with van der Waals surface area (Å²) in [6, 6.07) is 15.0. The molecule has 140 valence electrons. The molecule has 28 heavy (non-hydrogen) atoms. The van der Waals surface area contributed by atoms with E-state index in [1.807, 2.05) is 42.7 Å². The van der Waals surface area contributed by atoms with Crippen LogP contribution >= 0.6 is 34.7 Å². The minimum absolute atomic E-state index is 0.227. The maximum atomic E-state index is 12.7. The number of nitrogens with zero attached hydrogens (tertiary/aromatic N) is 3. The molecule has 0 spiro atoms. The second kappa shape index (κ2) is 7.87. The zero-order valence-corrected chi connectivity index (χ0v) is 17.1. The normalized spacial score (nSPS) is 12.0. The third-order valence-corrected chi connectivity index (χ3v) is 6.10. The number of hydrogen-bond acceptors (Lipinski definition) is 6. The van der Waals surface area contributed by atoms with E-state index >= 15 is 0 Å². The average molecular weight is 428 g/mol. The zero-order chi connectivity index (χ0) is 19.7. The first-order chi connectivity index (χ1) is 13.5. The number of rotatable bonds is 4. The fraction of sp³-hybridized carbons (Fsp3) is 0.100. The van der Waals surface area contributed by atoms with E-state index in [0.29, 0.717) is 14.5 Å². The van der Waals surface area contributed by atoms with E-state index in [2.05, 4.69) is 10.1 Å². The highest BCUT2D eigenvalue weighted by Gasteiger charge is 2.11. The van der Waals surface area contributed by atoms with Crippen molar-refractivity contribution in [1.29, 1.82) is 0 Å². The number of halogens is 1. The largest absolute Gasteiger partial charge is 0.296 e. The lowest BCUT2D eigenvalue weighted by Gasteiger charge is -2.00. The molecule has 0 aliphatic heterocycles. The third-order valence-electron chi connectivity index (χ3n) is 4.15. The van der Waals surface area contributed by atoms with E-state index in [-0.39, 0.29) is 17.7 Å². The topological polar surface area (TPSA) is 64.3 Å². The summed E-state index contributed by atoms with van der Waals surface area (Å²) < 4.78 is 1.69. The summed E-state index contributed by atoms with van der Waals surface area (Å²) in [5, 5.41) is 4.88. The molecular formula is C20H14ClN3O2S2. The van der Waals surface area contributed by atoms with Gasteiger partial charge in [0, 0.05) is 16.3 Å². The van der Waals surface area contributed by atoms with Crippen molar-refractivity contribution in [2.75, 3.05) is 6.26 Å². The minimum atomic E-state index is -0.424. The molecule has 0 aliphatic rings. The van der Waals surface area contributed by atoms with Gasteiger partial charge in [-0.15, -0.1) is 11.8 Å². The van der Waals surface area contributed by atoms with E-state index in [1.165, 1.54) is 4.52 Å². The van der Waals surface area contributed by atoms with Gasteiger partial charge in [0.15, 0.2) is 0 Å². The van der Waals surface area contributed by atoms with E-state index < -0.39 is 5.56 Å². The molecule has 0 bridgehead atoms. The minimum Gasteiger partial charge on any atom is -0.266 e. The zero-order valence-electron chi connectivity index (χ0n) is 14.8. The highest BCUT2D eigenvalue weighted by Crippen LogP contribution is 2.15. The predicted molar refractivity (Wildman–Crippen MR) is 115 cm³/mol. The summed E-state index contributed by atoms with van der Waals surface area (Å²) in [6.45, 7) is 0. The van der Waals surface area contributed by atoms with Crippen molar-refractivity contribution in [3.05, 3.63) is 95.6 Å². The predicted octanol–water partition coefficient (Wildman–Crippen LogP) is 3.03. The molecule has 0 saturated carbocycles. The smallest absolute Gasteiger partial charge is 0.266 e. The molecule has 0 fully saturated rings. The van der Waals surface area contributed by atoms with E-state index in [0.717, 1.165) is 27.4 Å². The van der Waals surface area contributed by atoms with Gasteiger partial charge in [0.1, 0.15) is 5.69 Å². The van der Waals surface area contributed by atoms with Crippen LogP contribution in [0.5, 0.6) is 0 Å². The van der Waals surface area contributed by atoms with Crippen LogP contribution in [-0.2, 0) is 6.42 Å². The first-order valence-electron chi connectivity index (χ1n) is 8.36. The summed E-state index contributed by atoms with van der Waals surface area (Å²) in [6.07, 6.45) is 4.09. The average Bonchev–Trinajstić information content (AvgIpc) is 2.99. The molecular weight excluding hydrogens is 414 g/mol. The molecule has 0 N–H and O–H groups in total. The molecule has 0 radical (unpaired) electrons. The van der Waals surface area contributed by atoms with Crippen LogP contribution in [0.1, 0.15) is 16.8 Å². The summed E-state index contributed by atoms with van der Waals surface area (Å²) in [4.78, 5) is 30.6. The third kappa shape index (κ3) is 3.87. The first kappa shape index (κ1) is 18.9. The van der Waals surface area contributed by atoms with Gasteiger partial charge in [-0.05, 0) is 47.7 Å². The molecule has 0 aliphatic carbocycles. The monoisotopic (exact) mass is 427 g/mol. The van der Waals surface area contributed by atoms with Crippen molar-refractivity contribution >= 4 is 45.7 Å². The molecule has 2 aromatic heterocycles. The lowest BCUT2D eigenvalue weighted by atomic mass is 10.1. The van der Waals surface area contributed by atoms with Gasteiger partial charge in [-0.1, -0.05) is 47.2 Å². The Morgan fingerprint density at radius 2 is 1.82 bits per heavy atom. The maximum absolute atomic E-state index is 12.7. The van der Waals surface area contributed by atoms with Gasteiger partial charge in [0.2, 0.25) is 4.96 Å². The Balaban J connectivity index is 1.76. The molecule has 4 rings (SSSR count). The van der Waals surface area contributed by atoms with Crippen LogP contribution in [0.3, 0.4) is 0 Å². The van der Waals surface area contributed by atoms with Crippen LogP contribution in [0.2, 0.25) is 5.02 Å². The Morgan fingerprint density at radius 1 is 1.11 bits per heavy atom. The van der Waals surface area contributed by atoms with Gasteiger partial charge in [-0.2, -0.15) is 14.6 Å². The number of fused-ring (bicyclic) bond motifs is 1. The van der Waals surface area contributed by atoms with Crippen molar-refractivity contribution in [2.24, 2.45) is 0 Å². The number of thiazole rings is 1. The maximum Gasteiger partial charge on any atom is 0.296 e. The second-order valence-electron chi connectivity index (χ2n) is 6.05. The molecule has 2 heterocycles. The highest BCUT2D eigenvalue weighted by atomic mass is 35.5. The Bertz CT molecular complexity index is 1310. The lowest BCUT2D eigenvalue weighted by Crippen LogP contribution is -2.28. The van der Waals surface area contributed by atoms with Crippen molar-refractivity contribution in [3.63, 3.8) is 0 Å². The number of aromatic nitrogens is 3. The van der Waals surface area contributed by atoms with Crippen LogP contribution in [0.15, 0.2) is 63.0 Å². The van der Waals surface area contributed by atoms with E-state index in [4.69, 9.17) is 11.6 Å². The SMILES string of the molecule is CSc1ccc(C=c2sc3nc(=O)c(Cc4ccc(Cl)cc4)nn3c2=O)cc1. The number of thioether (sulfide) groups is 1. The standard InChI is InChI=1S/C20H14ClN3O2S2/c1-27-15-8-4-13(5-9-15)11-17-19(26)24-20(28-17)22-18(25)16(23-24)10-12-2-6-14(21)7-3-12/h2-9,11H,10H2,1H3. The lowest BCUT2D eigenvalue weighted by molar-refractivity contribution is 0.811. The van der Waals surface area contributed by atoms with Crippen molar-refractivity contribution in [3.8, 4) is 0 Å². The quantitative estimate of drug-likeness (QED) is 0.468. The summed E-state index contributed by atoms with van der Waals surface area (Å²) >= 11 is 8.71. The van der Waals surface area contributed by atoms with E-state index in [9.17, 15) is 9.59 Å². The van der Waals surface area contributed by atoms with Crippen LogP contribution < -0.4 is 15.7 Å². The van der Waals surface area contributed by atoms with Crippen molar-refractivity contribution < 1.29 is 0 Å². The molecule has 0 saturated heterocycles. The van der Waals surface area contributed by atoms with Gasteiger partial charge in [-0.25, -0.2) is 0 Å². The summed E-state index contributed by atoms with van der Waals surface area (Å²) in [5.74, 6) is 0. The Hall–Kier alpha value is -2.48. The van der Waals surface area contributed by atoms with Crippen LogP contribution in [0, 0.1) is 0 Å². The fourth-order valence-electron chi connectivity index (χ4n) is 2.70. The number of hydrogen-bond donors (Lipinski definition) is 0. The summed E-state index contributed by atoms with van der Waals surface area (Å²) in [7, 11) is 0. The van der Waals surface area contributed by atoms with Gasteiger partial charge in [0.05, 0.1) is 4.53 Å². The van der Waals surface area contributed by atoms with Gasteiger partial charge >= 0.3 is 0 Å². The van der Waals surface area contributed by atoms with E-state index in [1.54, 1.807) is 30.0 Å². The van der Waals surface area contributed by atoms with Crippen LogP contribution in [0.25, 0.3) is 11.0 Å².